The molecule has 116 valence electrons. The first kappa shape index (κ1) is 16.2. The zero-order chi connectivity index (χ0) is 16.1. The van der Waals surface area contributed by atoms with E-state index in [2.05, 4.69) is 15.0 Å². The molecule has 1 heterocycles. The van der Waals surface area contributed by atoms with Crippen LogP contribution in [0.1, 0.15) is 45.7 Å². The molecule has 2 aromatic rings. The van der Waals surface area contributed by atoms with E-state index in [0.717, 1.165) is 0 Å². The number of nitrogens with zero attached hydrogens (tertiary/aromatic N) is 1. The zero-order valence-corrected chi connectivity index (χ0v) is 13.5. The van der Waals surface area contributed by atoms with Crippen molar-refractivity contribution >= 4 is 23.2 Å². The quantitative estimate of drug-likeness (QED) is 0.860. The number of hydrogen-bond acceptors (Lipinski definition) is 5. The minimum Gasteiger partial charge on any atom is -0.464 e. The van der Waals surface area contributed by atoms with Crippen LogP contribution in [0.5, 0.6) is 0 Å². The maximum atomic E-state index is 12.3. The summed E-state index contributed by atoms with van der Waals surface area (Å²) in [6.07, 6.45) is 0. The van der Waals surface area contributed by atoms with E-state index < -0.39 is 5.97 Å². The molecule has 0 aliphatic carbocycles. The van der Waals surface area contributed by atoms with Gasteiger partial charge in [0.05, 0.1) is 13.2 Å². The van der Waals surface area contributed by atoms with Gasteiger partial charge < -0.3 is 10.1 Å². The molecule has 0 spiro atoms. The molecule has 0 aliphatic heterocycles. The van der Waals surface area contributed by atoms with Gasteiger partial charge in [0.1, 0.15) is 5.01 Å². The third-order valence-corrected chi connectivity index (χ3v) is 4.10. The molecule has 0 saturated carbocycles. The van der Waals surface area contributed by atoms with Gasteiger partial charge in [-0.15, -0.1) is 11.3 Å². The normalized spacial score (nSPS) is 12.0. The van der Waals surface area contributed by atoms with Crippen LogP contribution in [0.25, 0.3) is 0 Å². The molecule has 1 amide bonds. The summed E-state index contributed by atoms with van der Waals surface area (Å²) in [5.41, 5.74) is 0.861. The number of esters is 1. The van der Waals surface area contributed by atoms with Crippen molar-refractivity contribution < 1.29 is 14.3 Å². The highest BCUT2D eigenvalue weighted by Crippen LogP contribution is 2.25. The van der Waals surface area contributed by atoms with Crippen molar-refractivity contribution in [3.8, 4) is 0 Å². The summed E-state index contributed by atoms with van der Waals surface area (Å²) in [6.45, 7) is 3.99. The number of aromatic nitrogens is 1. The van der Waals surface area contributed by atoms with Crippen LogP contribution in [0.15, 0.2) is 35.7 Å². The second-order valence-corrected chi connectivity index (χ2v) is 6.01. The van der Waals surface area contributed by atoms with Gasteiger partial charge in [-0.25, -0.2) is 9.78 Å². The number of benzene rings is 1. The van der Waals surface area contributed by atoms with Gasteiger partial charge in [-0.1, -0.05) is 32.0 Å². The summed E-state index contributed by atoms with van der Waals surface area (Å²) in [6, 6.07) is 8.76. The zero-order valence-electron chi connectivity index (χ0n) is 12.7. The van der Waals surface area contributed by atoms with E-state index in [1.807, 2.05) is 32.0 Å². The molecule has 1 unspecified atom stereocenters. The Bertz CT molecular complexity index is 652. The van der Waals surface area contributed by atoms with Gasteiger partial charge in [0.25, 0.3) is 5.91 Å². The van der Waals surface area contributed by atoms with Crippen molar-refractivity contribution in [3.05, 3.63) is 52.0 Å². The van der Waals surface area contributed by atoms with Crippen LogP contribution in [-0.4, -0.2) is 24.0 Å². The van der Waals surface area contributed by atoms with Crippen LogP contribution in [0.4, 0.5) is 0 Å². The van der Waals surface area contributed by atoms with Crippen molar-refractivity contribution in [2.75, 3.05) is 7.11 Å². The summed E-state index contributed by atoms with van der Waals surface area (Å²) < 4.78 is 4.66. The Morgan fingerprint density at radius 3 is 2.50 bits per heavy atom. The topological polar surface area (TPSA) is 68.3 Å². The molecule has 5 nitrogen and oxygen atoms in total. The number of hydrogen-bond donors (Lipinski definition) is 1. The molecule has 0 saturated heterocycles. The van der Waals surface area contributed by atoms with E-state index in [1.54, 1.807) is 17.5 Å². The SMILES string of the molecule is COC(=O)c1csc(C(NC(=O)c2ccccc2)C(C)C)n1. The fourth-order valence-electron chi connectivity index (χ4n) is 1.96. The average Bonchev–Trinajstić information content (AvgIpc) is 3.01. The largest absolute Gasteiger partial charge is 0.464 e. The Balaban J connectivity index is 2.18. The standard InChI is InChI=1S/C16H18N2O3S/c1-10(2)13(15-17-12(9-22-15)16(20)21-3)18-14(19)11-7-5-4-6-8-11/h4-10,13H,1-3H3,(H,18,19). The maximum Gasteiger partial charge on any atom is 0.357 e. The Kier molecular flexibility index (Phi) is 5.27. The number of ether oxygens (including phenoxy) is 1. The first-order chi connectivity index (χ1) is 10.5. The minimum absolute atomic E-state index is 0.143. The van der Waals surface area contributed by atoms with Gasteiger partial charge in [0.2, 0.25) is 0 Å². The van der Waals surface area contributed by atoms with E-state index in [-0.39, 0.29) is 23.6 Å². The van der Waals surface area contributed by atoms with E-state index >= 15 is 0 Å². The predicted octanol–water partition coefficient (Wildman–Crippen LogP) is 3.06. The molecule has 1 N–H and O–H groups in total. The number of carbonyl (C=O) groups is 2. The molecule has 0 bridgehead atoms. The number of carbonyl (C=O) groups excluding carboxylic acids is 2. The van der Waals surface area contributed by atoms with Crippen LogP contribution in [0.2, 0.25) is 0 Å². The maximum absolute atomic E-state index is 12.3. The van der Waals surface area contributed by atoms with Gasteiger partial charge in [0, 0.05) is 10.9 Å². The van der Waals surface area contributed by atoms with Crippen LogP contribution in [-0.2, 0) is 4.74 Å². The van der Waals surface area contributed by atoms with Crippen LogP contribution < -0.4 is 5.32 Å². The molecule has 6 heteroatoms. The Hall–Kier alpha value is -2.21. The number of amides is 1. The summed E-state index contributed by atoms with van der Waals surface area (Å²) >= 11 is 1.34. The molecular weight excluding hydrogens is 300 g/mol. The van der Waals surface area contributed by atoms with Gasteiger partial charge in [0.15, 0.2) is 5.69 Å². The molecule has 1 aromatic heterocycles. The fourth-order valence-corrected chi connectivity index (χ4v) is 2.97. The van der Waals surface area contributed by atoms with E-state index in [0.29, 0.717) is 10.6 Å². The molecule has 0 aliphatic rings. The van der Waals surface area contributed by atoms with E-state index in [9.17, 15) is 9.59 Å². The lowest BCUT2D eigenvalue weighted by atomic mass is 10.0. The summed E-state index contributed by atoms with van der Waals surface area (Å²) in [5.74, 6) is -0.488. The smallest absolute Gasteiger partial charge is 0.357 e. The van der Waals surface area contributed by atoms with Crippen molar-refractivity contribution in [2.45, 2.75) is 19.9 Å². The van der Waals surface area contributed by atoms with Crippen LogP contribution in [0, 0.1) is 5.92 Å². The Morgan fingerprint density at radius 1 is 1.23 bits per heavy atom. The molecule has 1 aromatic carbocycles. The van der Waals surface area contributed by atoms with E-state index in [1.165, 1.54) is 18.4 Å². The van der Waals surface area contributed by atoms with Crippen molar-refractivity contribution in [1.29, 1.82) is 0 Å². The second kappa shape index (κ2) is 7.17. The molecule has 1 atom stereocenters. The van der Waals surface area contributed by atoms with Gasteiger partial charge in [-0.05, 0) is 18.1 Å². The first-order valence-electron chi connectivity index (χ1n) is 6.92. The lowest BCUT2D eigenvalue weighted by molar-refractivity contribution is 0.0594. The highest BCUT2D eigenvalue weighted by molar-refractivity contribution is 7.09. The van der Waals surface area contributed by atoms with E-state index in [4.69, 9.17) is 0 Å². The Morgan fingerprint density at radius 2 is 1.91 bits per heavy atom. The van der Waals surface area contributed by atoms with Crippen molar-refractivity contribution in [3.63, 3.8) is 0 Å². The van der Waals surface area contributed by atoms with Crippen LogP contribution in [0.3, 0.4) is 0 Å². The lowest BCUT2D eigenvalue weighted by Gasteiger charge is -2.20. The third-order valence-electron chi connectivity index (χ3n) is 3.17. The third kappa shape index (κ3) is 3.71. The number of methoxy groups -OCH3 is 1. The highest BCUT2D eigenvalue weighted by Gasteiger charge is 2.23. The molecule has 2 rings (SSSR count). The Labute approximate surface area is 133 Å². The van der Waals surface area contributed by atoms with Gasteiger partial charge in [-0.3, -0.25) is 4.79 Å². The van der Waals surface area contributed by atoms with Gasteiger partial charge in [-0.2, -0.15) is 0 Å². The van der Waals surface area contributed by atoms with Gasteiger partial charge >= 0.3 is 5.97 Å². The number of thiazole rings is 1. The number of nitrogens with one attached hydrogen (secondary N) is 1. The van der Waals surface area contributed by atoms with Crippen molar-refractivity contribution in [1.82, 2.24) is 10.3 Å². The predicted molar refractivity (Wildman–Crippen MR) is 84.9 cm³/mol. The van der Waals surface area contributed by atoms with Crippen molar-refractivity contribution in [2.24, 2.45) is 5.92 Å². The fraction of sp³-hybridized carbons (Fsp3) is 0.312. The summed E-state index contributed by atoms with van der Waals surface area (Å²) in [4.78, 5) is 28.1. The first-order valence-corrected chi connectivity index (χ1v) is 7.80. The molecule has 22 heavy (non-hydrogen) atoms. The summed E-state index contributed by atoms with van der Waals surface area (Å²) in [7, 11) is 1.32. The second-order valence-electron chi connectivity index (χ2n) is 5.12. The molecule has 0 radical (unpaired) electrons. The molecular formula is C16H18N2O3S. The average molecular weight is 318 g/mol. The minimum atomic E-state index is -0.473. The molecule has 0 fully saturated rings. The lowest BCUT2D eigenvalue weighted by Crippen LogP contribution is -2.31. The number of rotatable bonds is 5. The summed E-state index contributed by atoms with van der Waals surface area (Å²) in [5, 5.41) is 5.31. The highest BCUT2D eigenvalue weighted by atomic mass is 32.1. The van der Waals surface area contributed by atoms with Crippen LogP contribution >= 0.6 is 11.3 Å². The monoisotopic (exact) mass is 318 g/mol.